The van der Waals surface area contributed by atoms with Crippen molar-refractivity contribution >= 4 is 0 Å². The van der Waals surface area contributed by atoms with E-state index in [2.05, 4.69) is 24.8 Å². The first-order valence-corrected chi connectivity index (χ1v) is 19.7. The standard InChI is InChI=1S/C41H61NO4/c1-25-7-12-36-38(2,46)31-10-11-32-29(30(31)23-42(36)22-25)18-35-40(32)14-4-15-41(35)24-39(37(45)19-33(41)34(44)21-40)16-13-27(20-39)9-8-26-5-3-6-28(43)17-26/h3,5-6,17,25,27,29-37,43-46H,4,7-16,18-24H2,1-2H3/t25-,27-,29-,30+,31-,32+,33-,34+,35-,36-,37-,38+,39+,40-,41-/m1/s1. The smallest absolute Gasteiger partial charge is 0.115 e. The lowest BCUT2D eigenvalue weighted by Gasteiger charge is -2.68. The van der Waals surface area contributed by atoms with Crippen molar-refractivity contribution in [3.05, 3.63) is 29.8 Å². The van der Waals surface area contributed by atoms with Crippen LogP contribution in [0.2, 0.25) is 0 Å². The summed E-state index contributed by atoms with van der Waals surface area (Å²) in [4.78, 5) is 2.72. The number of benzene rings is 1. The van der Waals surface area contributed by atoms with Crippen molar-refractivity contribution in [1.82, 2.24) is 4.90 Å². The van der Waals surface area contributed by atoms with Crippen LogP contribution in [0.4, 0.5) is 0 Å². The molecule has 9 rings (SSSR count). The molecule has 0 aromatic heterocycles. The van der Waals surface area contributed by atoms with E-state index in [-0.39, 0.29) is 34.4 Å². The Hall–Kier alpha value is -1.14. The van der Waals surface area contributed by atoms with E-state index >= 15 is 0 Å². The summed E-state index contributed by atoms with van der Waals surface area (Å²) in [5, 5.41) is 46.3. The third-order valence-electron chi connectivity index (χ3n) is 17.2. The second-order valence-electron chi connectivity index (χ2n) is 19.1. The number of aromatic hydroxyl groups is 1. The average molecular weight is 632 g/mol. The number of piperidine rings is 2. The maximum absolute atomic E-state index is 12.2. The monoisotopic (exact) mass is 631 g/mol. The molecule has 46 heavy (non-hydrogen) atoms. The largest absolute Gasteiger partial charge is 0.508 e. The summed E-state index contributed by atoms with van der Waals surface area (Å²) >= 11 is 0. The Morgan fingerprint density at radius 2 is 1.70 bits per heavy atom. The van der Waals surface area contributed by atoms with Gasteiger partial charge in [0.25, 0.3) is 0 Å². The van der Waals surface area contributed by atoms with E-state index in [1.807, 2.05) is 12.1 Å². The molecule has 15 atom stereocenters. The zero-order chi connectivity index (χ0) is 31.6. The van der Waals surface area contributed by atoms with Crippen LogP contribution in [-0.2, 0) is 6.42 Å². The molecule has 4 N–H and O–H groups in total. The lowest BCUT2D eigenvalue weighted by atomic mass is 9.38. The van der Waals surface area contributed by atoms with Gasteiger partial charge >= 0.3 is 0 Å². The lowest BCUT2D eigenvalue weighted by molar-refractivity contribution is -0.231. The molecule has 0 unspecified atom stereocenters. The topological polar surface area (TPSA) is 84.2 Å². The third-order valence-corrected chi connectivity index (χ3v) is 17.2. The van der Waals surface area contributed by atoms with Crippen LogP contribution >= 0.6 is 0 Å². The van der Waals surface area contributed by atoms with Crippen LogP contribution in [-0.4, -0.2) is 62.3 Å². The molecule has 0 radical (unpaired) electrons. The Morgan fingerprint density at radius 1 is 0.870 bits per heavy atom. The predicted molar refractivity (Wildman–Crippen MR) is 180 cm³/mol. The highest BCUT2D eigenvalue weighted by molar-refractivity contribution is 5.27. The predicted octanol–water partition coefficient (Wildman–Crippen LogP) is 6.95. The number of nitrogens with zero attached hydrogens (tertiary/aromatic N) is 1. The molecule has 8 aliphatic rings. The molecule has 5 nitrogen and oxygen atoms in total. The summed E-state index contributed by atoms with van der Waals surface area (Å²) < 4.78 is 0. The number of hydrogen-bond donors (Lipinski definition) is 4. The van der Waals surface area contributed by atoms with Gasteiger partial charge in [0, 0.05) is 19.1 Å². The van der Waals surface area contributed by atoms with Gasteiger partial charge in [-0.1, -0.05) is 25.5 Å². The van der Waals surface area contributed by atoms with E-state index in [1.165, 1.54) is 63.5 Å². The van der Waals surface area contributed by atoms with Crippen molar-refractivity contribution in [2.75, 3.05) is 13.1 Å². The van der Waals surface area contributed by atoms with Gasteiger partial charge in [-0.3, -0.25) is 4.90 Å². The summed E-state index contributed by atoms with van der Waals surface area (Å²) in [6.45, 7) is 6.94. The molecule has 6 aliphatic carbocycles. The Bertz CT molecular complexity index is 1330. The quantitative estimate of drug-likeness (QED) is 0.290. The molecule has 1 aromatic carbocycles. The molecule has 5 heteroatoms. The minimum absolute atomic E-state index is 0.00209. The Morgan fingerprint density at radius 3 is 2.54 bits per heavy atom. The molecule has 254 valence electrons. The van der Waals surface area contributed by atoms with Crippen molar-refractivity contribution < 1.29 is 20.4 Å². The molecular weight excluding hydrogens is 570 g/mol. The second kappa shape index (κ2) is 10.7. The highest BCUT2D eigenvalue weighted by atomic mass is 16.3. The number of phenolic OH excluding ortho intramolecular Hbond substituents is 1. The van der Waals surface area contributed by atoms with Crippen LogP contribution in [0.25, 0.3) is 0 Å². The first kappa shape index (κ1) is 30.9. The van der Waals surface area contributed by atoms with Crippen LogP contribution < -0.4 is 0 Å². The molecule has 2 spiro atoms. The second-order valence-corrected chi connectivity index (χ2v) is 19.1. The fourth-order valence-corrected chi connectivity index (χ4v) is 15.7. The number of aryl methyl sites for hydroxylation is 1. The summed E-state index contributed by atoms with van der Waals surface area (Å²) in [7, 11) is 0. The molecule has 2 aliphatic heterocycles. The Labute approximate surface area is 277 Å². The van der Waals surface area contributed by atoms with E-state index in [4.69, 9.17) is 0 Å². The summed E-state index contributed by atoms with van der Waals surface area (Å²) in [6.07, 6.45) is 17.9. The molecule has 8 fully saturated rings. The van der Waals surface area contributed by atoms with E-state index in [0.717, 1.165) is 63.8 Å². The van der Waals surface area contributed by atoms with E-state index < -0.39 is 5.60 Å². The minimum atomic E-state index is -0.592. The number of rotatable bonds is 3. The van der Waals surface area contributed by atoms with E-state index in [1.54, 1.807) is 6.07 Å². The SMILES string of the molecule is C[C@@H]1CC[C@H]2N(C1)C[C@H]1[C@H]3C[C@H]4[C@@]56CCC[C@@]4(C[C@H](O)[C@H]5C[C@@H](O)[C@]4(CC[C@@H](CCc5cccc(O)c5)C4)C6)[C@H]3CC[C@H]1[C@]2(C)O. The van der Waals surface area contributed by atoms with Crippen LogP contribution in [0.15, 0.2) is 24.3 Å². The third kappa shape index (κ3) is 4.32. The van der Waals surface area contributed by atoms with Gasteiger partial charge in [0.1, 0.15) is 5.75 Å². The number of fused-ring (bicyclic) bond motifs is 4. The van der Waals surface area contributed by atoms with Crippen molar-refractivity contribution in [3.63, 3.8) is 0 Å². The minimum Gasteiger partial charge on any atom is -0.508 e. The Kier molecular flexibility index (Phi) is 7.17. The average Bonchev–Trinajstić information content (AvgIpc) is 3.58. The normalized spacial score (nSPS) is 54.4. The molecule has 2 bridgehead atoms. The molecule has 2 heterocycles. The number of hydrogen-bond acceptors (Lipinski definition) is 5. The maximum Gasteiger partial charge on any atom is 0.115 e. The first-order valence-electron chi connectivity index (χ1n) is 19.7. The van der Waals surface area contributed by atoms with Crippen LogP contribution in [0.3, 0.4) is 0 Å². The number of phenols is 1. The van der Waals surface area contributed by atoms with Gasteiger partial charge < -0.3 is 20.4 Å². The van der Waals surface area contributed by atoms with Gasteiger partial charge in [-0.05, 0) is 185 Å². The van der Waals surface area contributed by atoms with Gasteiger partial charge in [-0.2, -0.15) is 0 Å². The first-order chi connectivity index (χ1) is 22.0. The highest BCUT2D eigenvalue weighted by Crippen LogP contribution is 2.78. The van der Waals surface area contributed by atoms with Gasteiger partial charge in [0.15, 0.2) is 0 Å². The molecular formula is C41H61NO4. The van der Waals surface area contributed by atoms with Gasteiger partial charge in [0.2, 0.25) is 0 Å². The molecule has 0 amide bonds. The van der Waals surface area contributed by atoms with E-state index in [9.17, 15) is 20.4 Å². The van der Waals surface area contributed by atoms with Crippen LogP contribution in [0, 0.1) is 63.6 Å². The van der Waals surface area contributed by atoms with Crippen molar-refractivity contribution in [3.8, 4) is 5.75 Å². The number of aliphatic hydroxyl groups is 3. The number of aliphatic hydroxyl groups excluding tert-OH is 2. The van der Waals surface area contributed by atoms with Crippen LogP contribution in [0.5, 0.6) is 5.75 Å². The van der Waals surface area contributed by atoms with Crippen molar-refractivity contribution in [2.45, 2.75) is 140 Å². The summed E-state index contributed by atoms with van der Waals surface area (Å²) in [5.74, 6) is 5.00. The van der Waals surface area contributed by atoms with Gasteiger partial charge in [0.05, 0.1) is 17.8 Å². The fourth-order valence-electron chi connectivity index (χ4n) is 15.7. The lowest BCUT2D eigenvalue weighted by Crippen LogP contribution is -2.67. The zero-order valence-corrected chi connectivity index (χ0v) is 28.6. The molecule has 1 aromatic rings. The Balaban J connectivity index is 1.01. The summed E-state index contributed by atoms with van der Waals surface area (Å²) in [5.41, 5.74) is 1.06. The zero-order valence-electron chi connectivity index (χ0n) is 28.6. The fraction of sp³-hybridized carbons (Fsp3) is 0.854. The van der Waals surface area contributed by atoms with Gasteiger partial charge in [-0.15, -0.1) is 0 Å². The van der Waals surface area contributed by atoms with E-state index in [0.29, 0.717) is 47.3 Å². The maximum atomic E-state index is 12.2. The van der Waals surface area contributed by atoms with Crippen molar-refractivity contribution in [2.24, 2.45) is 63.6 Å². The molecule has 6 saturated carbocycles. The molecule has 2 saturated heterocycles. The summed E-state index contributed by atoms with van der Waals surface area (Å²) in [6, 6.07) is 8.09. The highest BCUT2D eigenvalue weighted by Gasteiger charge is 2.73. The van der Waals surface area contributed by atoms with Crippen LogP contribution in [0.1, 0.15) is 116 Å². The van der Waals surface area contributed by atoms with Crippen molar-refractivity contribution in [1.29, 1.82) is 0 Å². The van der Waals surface area contributed by atoms with Gasteiger partial charge in [-0.25, -0.2) is 0 Å².